The Morgan fingerprint density at radius 1 is 1.58 bits per heavy atom. The van der Waals surface area contributed by atoms with E-state index in [0.717, 1.165) is 0 Å². The van der Waals surface area contributed by atoms with Crippen LogP contribution in [0.3, 0.4) is 0 Å². The lowest BCUT2D eigenvalue weighted by Crippen LogP contribution is -2.33. The van der Waals surface area contributed by atoms with E-state index in [2.05, 4.69) is 0 Å². The van der Waals surface area contributed by atoms with Crippen LogP contribution in [0.5, 0.6) is 0 Å². The Balaban J connectivity index is 3.57. The smallest absolute Gasteiger partial charge is 0.322 e. The minimum Gasteiger partial charge on any atom is -0.464 e. The molecule has 0 heterocycles. The van der Waals surface area contributed by atoms with Crippen molar-refractivity contribution in [1.82, 2.24) is 0 Å². The zero-order valence-corrected chi connectivity index (χ0v) is 8.30. The van der Waals surface area contributed by atoms with E-state index in [-0.39, 0.29) is 5.97 Å². The first kappa shape index (κ1) is 11.7. The van der Waals surface area contributed by atoms with Crippen LogP contribution in [-0.2, 0) is 9.53 Å². The largest absolute Gasteiger partial charge is 0.464 e. The van der Waals surface area contributed by atoms with E-state index in [1.165, 1.54) is 0 Å². The maximum Gasteiger partial charge on any atom is 0.322 e. The van der Waals surface area contributed by atoms with Gasteiger partial charge in [-0.15, -0.1) is 11.6 Å². The molecule has 1 unspecified atom stereocenters. The van der Waals surface area contributed by atoms with Crippen molar-refractivity contribution in [3.05, 3.63) is 0 Å². The lowest BCUT2D eigenvalue weighted by atomic mass is 10.2. The van der Waals surface area contributed by atoms with Gasteiger partial charge in [-0.05, 0) is 12.3 Å². The summed E-state index contributed by atoms with van der Waals surface area (Å²) < 4.78 is 4.90. The minimum absolute atomic E-state index is 0.345. The van der Waals surface area contributed by atoms with E-state index < -0.39 is 6.04 Å². The lowest BCUT2D eigenvalue weighted by molar-refractivity contribution is -0.146. The van der Waals surface area contributed by atoms with Crippen molar-refractivity contribution >= 4 is 17.6 Å². The van der Waals surface area contributed by atoms with Crippen molar-refractivity contribution in [2.45, 2.75) is 26.3 Å². The van der Waals surface area contributed by atoms with Gasteiger partial charge < -0.3 is 10.5 Å². The molecule has 0 saturated heterocycles. The standard InChI is InChI=1S/C8H16ClNO2/c1-6(2)5-12-8(11)7(10)3-4-9/h6-7H,3-5,10H2,1-2H3. The first-order valence-corrected chi connectivity index (χ1v) is 4.59. The molecule has 0 aliphatic rings. The van der Waals surface area contributed by atoms with E-state index in [4.69, 9.17) is 22.1 Å². The third-order valence-corrected chi connectivity index (χ3v) is 1.50. The highest BCUT2D eigenvalue weighted by Crippen LogP contribution is 1.98. The predicted molar refractivity (Wildman–Crippen MR) is 49.1 cm³/mol. The molecule has 0 rings (SSSR count). The summed E-state index contributed by atoms with van der Waals surface area (Å²) in [7, 11) is 0. The molecule has 0 aliphatic carbocycles. The second-order valence-electron chi connectivity index (χ2n) is 3.11. The molecule has 0 saturated carbocycles. The summed E-state index contributed by atoms with van der Waals surface area (Å²) in [5.74, 6) is 0.374. The molecule has 72 valence electrons. The molecular formula is C8H16ClNO2. The topological polar surface area (TPSA) is 52.3 Å². The number of alkyl halides is 1. The zero-order valence-electron chi connectivity index (χ0n) is 7.55. The van der Waals surface area contributed by atoms with Crippen LogP contribution in [0.1, 0.15) is 20.3 Å². The van der Waals surface area contributed by atoms with Gasteiger partial charge in [0, 0.05) is 5.88 Å². The van der Waals surface area contributed by atoms with Gasteiger partial charge in [0.1, 0.15) is 6.04 Å². The van der Waals surface area contributed by atoms with Crippen molar-refractivity contribution in [2.24, 2.45) is 11.7 Å². The first-order chi connectivity index (χ1) is 5.57. The van der Waals surface area contributed by atoms with Crippen LogP contribution in [0, 0.1) is 5.92 Å². The van der Waals surface area contributed by atoms with E-state index >= 15 is 0 Å². The van der Waals surface area contributed by atoms with Crippen LogP contribution in [0.2, 0.25) is 0 Å². The Morgan fingerprint density at radius 2 is 2.17 bits per heavy atom. The molecular weight excluding hydrogens is 178 g/mol. The average molecular weight is 194 g/mol. The van der Waals surface area contributed by atoms with Crippen LogP contribution in [0.4, 0.5) is 0 Å². The van der Waals surface area contributed by atoms with Gasteiger partial charge in [0.05, 0.1) is 6.61 Å². The van der Waals surface area contributed by atoms with Gasteiger partial charge >= 0.3 is 5.97 Å². The summed E-state index contributed by atoms with van der Waals surface area (Å²) in [5.41, 5.74) is 5.45. The van der Waals surface area contributed by atoms with Gasteiger partial charge in [-0.1, -0.05) is 13.8 Å². The molecule has 0 bridgehead atoms. The minimum atomic E-state index is -0.568. The number of nitrogens with two attached hydrogens (primary N) is 1. The molecule has 0 fully saturated rings. The second-order valence-corrected chi connectivity index (χ2v) is 3.49. The average Bonchev–Trinajstić information content (AvgIpc) is 2.00. The summed E-state index contributed by atoms with van der Waals surface area (Å²) >= 11 is 5.42. The van der Waals surface area contributed by atoms with Crippen LogP contribution >= 0.6 is 11.6 Å². The number of hydrogen-bond donors (Lipinski definition) is 1. The van der Waals surface area contributed by atoms with Gasteiger partial charge in [0.15, 0.2) is 0 Å². The number of halogens is 1. The molecule has 4 heteroatoms. The van der Waals surface area contributed by atoms with E-state index in [0.29, 0.717) is 24.8 Å². The second kappa shape index (κ2) is 6.26. The quantitative estimate of drug-likeness (QED) is 0.526. The molecule has 0 aromatic heterocycles. The molecule has 0 aliphatic heterocycles. The van der Waals surface area contributed by atoms with Gasteiger partial charge in [-0.25, -0.2) is 0 Å². The zero-order chi connectivity index (χ0) is 9.56. The van der Waals surface area contributed by atoms with Crippen molar-refractivity contribution in [3.8, 4) is 0 Å². The van der Waals surface area contributed by atoms with Crippen LogP contribution in [-0.4, -0.2) is 24.5 Å². The Labute approximate surface area is 78.2 Å². The summed E-state index contributed by atoms with van der Waals surface area (Å²) in [6.45, 7) is 4.37. The fourth-order valence-corrected chi connectivity index (χ4v) is 0.826. The van der Waals surface area contributed by atoms with Crippen LogP contribution < -0.4 is 5.73 Å². The van der Waals surface area contributed by atoms with Crippen LogP contribution in [0.15, 0.2) is 0 Å². The third-order valence-electron chi connectivity index (χ3n) is 1.28. The van der Waals surface area contributed by atoms with Crippen molar-refractivity contribution < 1.29 is 9.53 Å². The number of esters is 1. The monoisotopic (exact) mass is 193 g/mol. The first-order valence-electron chi connectivity index (χ1n) is 4.06. The normalized spacial score (nSPS) is 13.1. The molecule has 0 radical (unpaired) electrons. The maximum absolute atomic E-state index is 11.0. The summed E-state index contributed by atoms with van der Waals surface area (Å²) in [6, 6.07) is -0.568. The fraction of sp³-hybridized carbons (Fsp3) is 0.875. The Hall–Kier alpha value is -0.280. The fourth-order valence-electron chi connectivity index (χ4n) is 0.591. The molecule has 0 aromatic rings. The Morgan fingerprint density at radius 3 is 2.58 bits per heavy atom. The molecule has 3 nitrogen and oxygen atoms in total. The number of ether oxygens (including phenoxy) is 1. The van der Waals surface area contributed by atoms with Crippen LogP contribution in [0.25, 0.3) is 0 Å². The predicted octanol–water partition coefficient (Wildman–Crippen LogP) is 1.14. The van der Waals surface area contributed by atoms with Gasteiger partial charge in [-0.3, -0.25) is 4.79 Å². The molecule has 0 aromatic carbocycles. The SMILES string of the molecule is CC(C)COC(=O)C(N)CCCl. The van der Waals surface area contributed by atoms with E-state index in [1.807, 2.05) is 13.8 Å². The summed E-state index contributed by atoms with van der Waals surface area (Å²) in [6.07, 6.45) is 0.471. The highest BCUT2D eigenvalue weighted by molar-refractivity contribution is 6.18. The molecule has 0 amide bonds. The number of carbonyl (C=O) groups excluding carboxylic acids is 1. The number of hydrogen-bond acceptors (Lipinski definition) is 3. The summed E-state index contributed by atoms with van der Waals surface area (Å²) in [4.78, 5) is 11.0. The maximum atomic E-state index is 11.0. The Kier molecular flexibility index (Phi) is 6.11. The summed E-state index contributed by atoms with van der Waals surface area (Å²) in [5, 5.41) is 0. The molecule has 1 atom stereocenters. The third kappa shape index (κ3) is 5.38. The van der Waals surface area contributed by atoms with Gasteiger partial charge in [0.2, 0.25) is 0 Å². The lowest BCUT2D eigenvalue weighted by Gasteiger charge is -2.11. The van der Waals surface area contributed by atoms with Gasteiger partial charge in [-0.2, -0.15) is 0 Å². The van der Waals surface area contributed by atoms with E-state index in [9.17, 15) is 4.79 Å². The van der Waals surface area contributed by atoms with Gasteiger partial charge in [0.25, 0.3) is 0 Å². The Bertz CT molecular complexity index is 139. The highest BCUT2D eigenvalue weighted by Gasteiger charge is 2.14. The molecule has 0 spiro atoms. The van der Waals surface area contributed by atoms with Crippen molar-refractivity contribution in [3.63, 3.8) is 0 Å². The molecule has 12 heavy (non-hydrogen) atoms. The van der Waals surface area contributed by atoms with E-state index in [1.54, 1.807) is 0 Å². The highest BCUT2D eigenvalue weighted by atomic mass is 35.5. The van der Waals surface area contributed by atoms with Crippen molar-refractivity contribution in [2.75, 3.05) is 12.5 Å². The molecule has 2 N–H and O–H groups in total. The number of carbonyl (C=O) groups is 1. The van der Waals surface area contributed by atoms with Crippen molar-refractivity contribution in [1.29, 1.82) is 0 Å². The number of rotatable bonds is 5.